The number of aromatic nitrogens is 2. The van der Waals surface area contributed by atoms with E-state index in [1.165, 1.54) is 0 Å². The van der Waals surface area contributed by atoms with Crippen LogP contribution in [0.15, 0.2) is 18.2 Å². The highest BCUT2D eigenvalue weighted by atomic mass is 16.5. The maximum absolute atomic E-state index is 5.92. The standard InChI is InChI=1S/C13H17N3O/c1-2-11-8(6-7-17-11)13-15-10-5-3-4-9(14)12(10)16-13/h3-5,8,11H,2,6-7,14H2,1H3,(H,15,16). The third kappa shape index (κ3) is 1.69. The fourth-order valence-corrected chi connectivity index (χ4v) is 2.61. The van der Waals surface area contributed by atoms with E-state index >= 15 is 0 Å². The zero-order chi connectivity index (χ0) is 11.8. The molecule has 0 radical (unpaired) electrons. The van der Waals surface area contributed by atoms with E-state index in [1.807, 2.05) is 18.2 Å². The van der Waals surface area contributed by atoms with Crippen molar-refractivity contribution in [1.82, 2.24) is 9.97 Å². The molecule has 1 aliphatic heterocycles. The van der Waals surface area contributed by atoms with Crippen molar-refractivity contribution in [2.24, 2.45) is 0 Å². The van der Waals surface area contributed by atoms with Gasteiger partial charge in [-0.15, -0.1) is 0 Å². The van der Waals surface area contributed by atoms with Gasteiger partial charge in [0.2, 0.25) is 0 Å². The van der Waals surface area contributed by atoms with Gasteiger partial charge in [0.1, 0.15) is 11.3 Å². The Morgan fingerprint density at radius 1 is 1.53 bits per heavy atom. The smallest absolute Gasteiger partial charge is 0.113 e. The van der Waals surface area contributed by atoms with Crippen molar-refractivity contribution in [3.05, 3.63) is 24.0 Å². The minimum atomic E-state index is 0.289. The lowest BCUT2D eigenvalue weighted by Gasteiger charge is -2.13. The van der Waals surface area contributed by atoms with E-state index in [1.54, 1.807) is 0 Å². The summed E-state index contributed by atoms with van der Waals surface area (Å²) >= 11 is 0. The highest BCUT2D eigenvalue weighted by Crippen LogP contribution is 2.33. The van der Waals surface area contributed by atoms with Crippen LogP contribution in [-0.2, 0) is 4.74 Å². The SMILES string of the molecule is CCC1OCCC1c1nc2c(N)cccc2[nH]1. The number of aromatic amines is 1. The molecule has 3 N–H and O–H groups in total. The number of anilines is 1. The van der Waals surface area contributed by atoms with E-state index in [0.29, 0.717) is 5.92 Å². The van der Waals surface area contributed by atoms with Crippen LogP contribution in [-0.4, -0.2) is 22.7 Å². The predicted octanol–water partition coefficient (Wildman–Crippen LogP) is 2.43. The zero-order valence-corrected chi connectivity index (χ0v) is 9.94. The summed E-state index contributed by atoms with van der Waals surface area (Å²) in [7, 11) is 0. The molecule has 0 amide bonds. The summed E-state index contributed by atoms with van der Waals surface area (Å²) in [5, 5.41) is 0. The average Bonchev–Trinajstić information content (AvgIpc) is 2.94. The molecule has 0 aliphatic carbocycles. The monoisotopic (exact) mass is 231 g/mol. The lowest BCUT2D eigenvalue weighted by atomic mass is 9.99. The molecule has 3 rings (SSSR count). The molecule has 2 atom stereocenters. The van der Waals surface area contributed by atoms with Crippen molar-refractivity contribution in [1.29, 1.82) is 0 Å². The van der Waals surface area contributed by atoms with Crippen LogP contribution < -0.4 is 5.73 Å². The topological polar surface area (TPSA) is 63.9 Å². The summed E-state index contributed by atoms with van der Waals surface area (Å²) < 4.78 is 5.70. The van der Waals surface area contributed by atoms with E-state index in [0.717, 1.165) is 42.0 Å². The molecule has 4 nitrogen and oxygen atoms in total. The van der Waals surface area contributed by atoms with Gasteiger partial charge in [0.15, 0.2) is 0 Å². The number of nitrogen functional groups attached to an aromatic ring is 1. The first-order valence-electron chi connectivity index (χ1n) is 6.15. The summed E-state index contributed by atoms with van der Waals surface area (Å²) in [6.45, 7) is 2.98. The van der Waals surface area contributed by atoms with Crippen LogP contribution in [0.25, 0.3) is 11.0 Å². The van der Waals surface area contributed by atoms with Gasteiger partial charge in [-0.1, -0.05) is 13.0 Å². The molecule has 0 saturated carbocycles. The second-order valence-corrected chi connectivity index (χ2v) is 4.58. The second-order valence-electron chi connectivity index (χ2n) is 4.58. The van der Waals surface area contributed by atoms with Gasteiger partial charge in [-0.05, 0) is 25.0 Å². The van der Waals surface area contributed by atoms with Gasteiger partial charge in [-0.3, -0.25) is 0 Å². The Kier molecular flexibility index (Phi) is 2.52. The number of fused-ring (bicyclic) bond motifs is 1. The van der Waals surface area contributed by atoms with Crippen LogP contribution >= 0.6 is 0 Å². The van der Waals surface area contributed by atoms with Crippen LogP contribution in [0.2, 0.25) is 0 Å². The maximum atomic E-state index is 5.92. The van der Waals surface area contributed by atoms with Gasteiger partial charge in [-0.2, -0.15) is 0 Å². The molecular formula is C13H17N3O. The number of benzene rings is 1. The molecule has 0 bridgehead atoms. The number of ether oxygens (including phenoxy) is 1. The number of imidazole rings is 1. The molecule has 2 aromatic rings. The number of hydrogen-bond acceptors (Lipinski definition) is 3. The lowest BCUT2D eigenvalue weighted by Crippen LogP contribution is -2.14. The van der Waals surface area contributed by atoms with Crippen LogP contribution in [0.3, 0.4) is 0 Å². The van der Waals surface area contributed by atoms with Crippen molar-refractivity contribution < 1.29 is 4.74 Å². The number of H-pyrrole nitrogens is 1. The Bertz CT molecular complexity index is 534. The molecule has 2 heterocycles. The molecule has 1 fully saturated rings. The average molecular weight is 231 g/mol. The number of hydrogen-bond donors (Lipinski definition) is 2. The molecule has 1 saturated heterocycles. The highest BCUT2D eigenvalue weighted by molar-refractivity contribution is 5.86. The van der Waals surface area contributed by atoms with Crippen molar-refractivity contribution in [3.63, 3.8) is 0 Å². The third-order valence-electron chi connectivity index (χ3n) is 3.53. The molecule has 4 heteroatoms. The van der Waals surface area contributed by atoms with Crippen molar-refractivity contribution >= 4 is 16.7 Å². The molecule has 0 spiro atoms. The fourth-order valence-electron chi connectivity index (χ4n) is 2.61. The Morgan fingerprint density at radius 2 is 2.41 bits per heavy atom. The van der Waals surface area contributed by atoms with Crippen molar-refractivity contribution in [3.8, 4) is 0 Å². The number of rotatable bonds is 2. The van der Waals surface area contributed by atoms with Crippen LogP contribution in [0.1, 0.15) is 31.5 Å². The molecular weight excluding hydrogens is 214 g/mol. The first-order chi connectivity index (χ1) is 8.29. The molecule has 90 valence electrons. The molecule has 2 unspecified atom stereocenters. The minimum Gasteiger partial charge on any atom is -0.397 e. The normalized spacial score (nSPS) is 24.5. The number of nitrogens with two attached hydrogens (primary N) is 1. The molecule has 17 heavy (non-hydrogen) atoms. The first kappa shape index (κ1) is 10.6. The van der Waals surface area contributed by atoms with Gasteiger partial charge in [0.05, 0.1) is 17.3 Å². The van der Waals surface area contributed by atoms with E-state index in [4.69, 9.17) is 10.5 Å². The highest BCUT2D eigenvalue weighted by Gasteiger charge is 2.30. The number of para-hydroxylation sites is 1. The molecule has 1 aliphatic rings. The van der Waals surface area contributed by atoms with Gasteiger partial charge < -0.3 is 15.5 Å². The summed E-state index contributed by atoms with van der Waals surface area (Å²) in [4.78, 5) is 8.00. The second kappa shape index (κ2) is 4.04. The Balaban J connectivity index is 2.03. The Labute approximate surface area is 100 Å². The largest absolute Gasteiger partial charge is 0.397 e. The first-order valence-corrected chi connectivity index (χ1v) is 6.15. The van der Waals surface area contributed by atoms with Crippen molar-refractivity contribution in [2.45, 2.75) is 31.8 Å². The number of nitrogens with one attached hydrogen (secondary N) is 1. The molecule has 1 aromatic carbocycles. The van der Waals surface area contributed by atoms with E-state index in [-0.39, 0.29) is 6.10 Å². The summed E-state index contributed by atoms with van der Waals surface area (Å²) in [6, 6.07) is 5.84. The maximum Gasteiger partial charge on any atom is 0.113 e. The van der Waals surface area contributed by atoms with Gasteiger partial charge in [0, 0.05) is 12.5 Å². The van der Waals surface area contributed by atoms with Crippen molar-refractivity contribution in [2.75, 3.05) is 12.3 Å². The van der Waals surface area contributed by atoms with Gasteiger partial charge >= 0.3 is 0 Å². The number of nitrogens with zero attached hydrogens (tertiary/aromatic N) is 1. The molecule has 1 aromatic heterocycles. The quantitative estimate of drug-likeness (QED) is 0.780. The third-order valence-corrected chi connectivity index (χ3v) is 3.53. The van der Waals surface area contributed by atoms with Gasteiger partial charge in [0.25, 0.3) is 0 Å². The van der Waals surface area contributed by atoms with Crippen LogP contribution in [0, 0.1) is 0 Å². The minimum absolute atomic E-state index is 0.289. The zero-order valence-electron chi connectivity index (χ0n) is 9.94. The summed E-state index contributed by atoms with van der Waals surface area (Å²) in [6.07, 6.45) is 2.35. The van der Waals surface area contributed by atoms with E-state index in [2.05, 4.69) is 16.9 Å². The van der Waals surface area contributed by atoms with E-state index < -0.39 is 0 Å². The summed E-state index contributed by atoms with van der Waals surface area (Å²) in [5.41, 5.74) is 8.55. The van der Waals surface area contributed by atoms with Crippen LogP contribution in [0.4, 0.5) is 5.69 Å². The van der Waals surface area contributed by atoms with Gasteiger partial charge in [-0.25, -0.2) is 4.98 Å². The van der Waals surface area contributed by atoms with Crippen LogP contribution in [0.5, 0.6) is 0 Å². The lowest BCUT2D eigenvalue weighted by molar-refractivity contribution is 0.0996. The summed E-state index contributed by atoms with van der Waals surface area (Å²) in [5.74, 6) is 1.40. The Hall–Kier alpha value is -1.55. The Morgan fingerprint density at radius 3 is 3.18 bits per heavy atom. The fraction of sp³-hybridized carbons (Fsp3) is 0.462. The predicted molar refractivity (Wildman–Crippen MR) is 67.9 cm³/mol. The van der Waals surface area contributed by atoms with E-state index in [9.17, 15) is 0 Å².